The van der Waals surface area contributed by atoms with Gasteiger partial charge >= 0.3 is 709 Å². The minimum Gasteiger partial charge on any atom is -1.00 e. The van der Waals surface area contributed by atoms with E-state index in [0.29, 0.717) is 6.42 Å². The molecular weight excluding hydrogens is 1700 g/mol. The summed E-state index contributed by atoms with van der Waals surface area (Å²) in [5.41, 5.74) is 0. The Bertz CT molecular complexity index is 476. The minimum atomic E-state index is -1.43. The predicted molar refractivity (Wildman–Crippen MR) is 303 cm³/mol. The summed E-state index contributed by atoms with van der Waals surface area (Å²) in [7, 11) is 0. The van der Waals surface area contributed by atoms with E-state index < -0.39 is 109 Å². The first kappa shape index (κ1) is 503. The van der Waals surface area contributed by atoms with Gasteiger partial charge in [-0.25, -0.2) is 0 Å². The van der Waals surface area contributed by atoms with Crippen molar-refractivity contribution in [3.8, 4) is 0 Å². The summed E-state index contributed by atoms with van der Waals surface area (Å²) in [5, 5.41) is 233. The maximum atomic E-state index is 9.64. The molecule has 588 valence electrons. The SMILES string of the molecule is C.C.C.C.C.C.C.C.C.C.C.C.C.C.C.C.O.O.O.OCC(O)CO.OCC(O)CO.OCCCO.OO.OO.OO.[H-].[H-].[H-].[H-].[H-].[H-].[H-].[H-].[Na+].[Na+].[Na+].[Na+].[Na+].[Na+].[Na+].[Na+].[Na+].[Na+].[Na+].[Na+].[Na+].[Na+].[Na+].[Na+].[Na+].[Na+].[Na+].[Na+].[Na+].[Na+].[Na+].[Na+].[O-]CC(O)CO.[O-]CC(O)CO.[O-]CC(O)C[O-].[O-]CC(O)C[O-].[O-]CC([O-])C[O-].[OH-].[OH-].[OH-].[OH-].[OH-].[OH-].[OH-].[OH-].[OH-].[OH-]. The standard InChI is InChI=1S/2C3H8O3.2C3H7O3.2C3H6O3.C3H5O3.C3H8O2.16CH4.24Na.3H2O2.13H2O.8H/c7*4-1-3(6)2-5;4-2-1-3-5;;;;;;;;;;;;;;;;;;;;;;;;;;;;;;;;;;;;;;;;;3*1-2;;;;;;;;;;;;;;;;;;;;;/h2*3-6H,1-2H2;2*3-4,6H,1-2H2;2*3,6H,1-2H2;3H,1-2H2;4-5H,1-3H2;16*1H4;;;;;;;;;;;;;;;;;;;;;;;;;3*1-2H;13*1H2;;;;;;;;/q;;2*-1;2*-2;-3;;;;;;;;;;;;;;;;;;24*+1;;;;;;;;;;;;;;;;;8*-1/p-10. The van der Waals surface area contributed by atoms with Crippen molar-refractivity contribution in [2.75, 3.05) is 106 Å². The van der Waals surface area contributed by atoms with Crippen molar-refractivity contribution in [1.29, 1.82) is 0 Å². The van der Waals surface area contributed by atoms with E-state index in [1.54, 1.807) is 0 Å². The third-order valence-corrected chi connectivity index (χ3v) is 3.11. The number of aliphatic hydroxyl groups excluding tert-OH is 14. The smallest absolute Gasteiger partial charge is 1.00 e. The van der Waals surface area contributed by atoms with Crippen molar-refractivity contribution in [3.05, 3.63) is 0 Å². The predicted octanol–water partition coefficient (Wildman–Crippen LogP) is -83.0. The summed E-state index contributed by atoms with van der Waals surface area (Å²) in [5.74, 6) is 0. The van der Waals surface area contributed by atoms with Gasteiger partial charge < -0.3 is 200 Å². The van der Waals surface area contributed by atoms with Gasteiger partial charge in [-0.3, -0.25) is 31.5 Å². The Hall–Kier alpha value is 22.3. The molecule has 42 nitrogen and oxygen atoms in total. The summed E-state index contributed by atoms with van der Waals surface area (Å²) in [6, 6.07) is 0. The van der Waals surface area contributed by atoms with Gasteiger partial charge in [-0.2, -0.15) is 19.3 Å². The molecule has 0 spiro atoms. The van der Waals surface area contributed by atoms with E-state index in [1.165, 1.54) is 0 Å². The van der Waals surface area contributed by atoms with Crippen molar-refractivity contribution in [1.82, 2.24) is 0 Å². The third-order valence-electron chi connectivity index (χ3n) is 3.11. The normalized spacial score (nSPS) is 5.04. The van der Waals surface area contributed by atoms with Crippen LogP contribution in [-0.2, 0) is 0 Å². The fourth-order valence-electron chi connectivity index (χ4n) is 0.436. The average molecular weight is 1850 g/mol. The quantitative estimate of drug-likeness (QED) is 0.0388. The van der Waals surface area contributed by atoms with Crippen molar-refractivity contribution in [2.45, 2.75) is 168 Å². The largest absolute Gasteiger partial charge is 1.00 e. The molecule has 0 aliphatic carbocycles. The van der Waals surface area contributed by atoms with Crippen molar-refractivity contribution in [2.24, 2.45) is 0 Å². The molecule has 0 bridgehead atoms. The Morgan fingerprint density at radius 1 is 0.189 bits per heavy atom. The van der Waals surface area contributed by atoms with Gasteiger partial charge in [0.15, 0.2) is 0 Å². The molecule has 0 saturated heterocycles. The van der Waals surface area contributed by atoms with E-state index >= 15 is 0 Å². The zero-order valence-electron chi connectivity index (χ0n) is 66.7. The fourth-order valence-corrected chi connectivity index (χ4v) is 0.436. The van der Waals surface area contributed by atoms with Gasteiger partial charge in [0.1, 0.15) is 12.2 Å². The first-order chi connectivity index (χ1) is 25.1. The Labute approximate surface area is 1190 Å². The Morgan fingerprint density at radius 3 is 0.274 bits per heavy atom. The van der Waals surface area contributed by atoms with Crippen LogP contribution >= 0.6 is 0 Å². The topological polar surface area (TPSA) is 1010 Å². The molecule has 2 unspecified atom stereocenters. The summed E-state index contributed by atoms with van der Waals surface area (Å²) in [4.78, 5) is 0. The van der Waals surface area contributed by atoms with Gasteiger partial charge in [0.05, 0.1) is 51.8 Å². The average Bonchev–Trinajstić information content (AvgIpc) is 3.25. The van der Waals surface area contributed by atoms with E-state index in [4.69, 9.17) is 103 Å². The van der Waals surface area contributed by atoms with Gasteiger partial charge in [-0.15, -0.1) is 39.6 Å². The van der Waals surface area contributed by atoms with Gasteiger partial charge in [0.25, 0.3) is 0 Å². The van der Waals surface area contributed by atoms with Gasteiger partial charge in [0.2, 0.25) is 0 Å². The Kier molecular flexibility index (Phi) is 2650. The monoisotopic (exact) mass is 1850 g/mol. The number of hydrogen-bond donors (Lipinski definition) is 20. The molecule has 36 N–H and O–H groups in total. The maximum Gasteiger partial charge on any atom is 1.00 e. The van der Waals surface area contributed by atoms with Crippen molar-refractivity contribution >= 4 is 0 Å². The van der Waals surface area contributed by atoms with Crippen molar-refractivity contribution in [3.63, 3.8) is 0 Å². The second kappa shape index (κ2) is 558. The Balaban J connectivity index is -0.00000000233. The minimum absolute atomic E-state index is 0. The molecule has 0 aromatic heterocycles. The summed E-state index contributed by atoms with van der Waals surface area (Å²) in [6.07, 6.45) is -7.31. The van der Waals surface area contributed by atoms with Gasteiger partial charge in [-0.05, 0) is 6.42 Å². The van der Waals surface area contributed by atoms with Crippen LogP contribution in [0.1, 0.15) is 137 Å². The molecule has 106 heavy (non-hydrogen) atoms. The van der Waals surface area contributed by atoms with Gasteiger partial charge in [-0.1, -0.05) is 119 Å². The van der Waals surface area contributed by atoms with Crippen LogP contribution in [0.4, 0.5) is 0 Å². The van der Waals surface area contributed by atoms with Crippen LogP contribution in [0.15, 0.2) is 0 Å². The molecule has 0 saturated carbocycles. The van der Waals surface area contributed by atoms with Crippen molar-refractivity contribution < 1.29 is 941 Å². The van der Waals surface area contributed by atoms with Crippen LogP contribution in [0.2, 0.25) is 0 Å². The number of aliphatic hydroxyl groups is 14. The van der Waals surface area contributed by atoms with Gasteiger partial charge in [0, 0.05) is 25.4 Å². The van der Waals surface area contributed by atoms with Crippen LogP contribution in [-0.4, -0.2) is 323 Å². The number of rotatable bonds is 16. The molecule has 0 aliphatic heterocycles. The van der Waals surface area contributed by atoms with E-state index in [2.05, 4.69) is 0 Å². The third kappa shape index (κ3) is 725. The van der Waals surface area contributed by atoms with Crippen LogP contribution in [0, 0.1) is 0 Å². The zero-order valence-corrected chi connectivity index (χ0v) is 107. The molecule has 0 radical (unpaired) electrons. The van der Waals surface area contributed by atoms with E-state index in [1.807, 2.05) is 0 Å². The zero-order chi connectivity index (χ0) is 45.1. The summed E-state index contributed by atoms with van der Waals surface area (Å²) < 4.78 is 0. The molecule has 0 aromatic rings. The molecule has 2 atom stereocenters. The Morgan fingerprint density at radius 2 is 0.274 bits per heavy atom. The van der Waals surface area contributed by atoms with Crippen LogP contribution < -0.4 is 755 Å². The summed E-state index contributed by atoms with van der Waals surface area (Å²) >= 11 is 0. The second-order valence-electron chi connectivity index (χ2n) is 7.77. The first-order valence-corrected chi connectivity index (χ1v) is 13.9. The molecule has 0 fully saturated rings. The summed E-state index contributed by atoms with van der Waals surface area (Å²) in [6.45, 7) is -7.64. The molecule has 0 heterocycles. The van der Waals surface area contributed by atoms with E-state index in [9.17, 15) is 46.0 Å². The van der Waals surface area contributed by atoms with Crippen LogP contribution in [0.25, 0.3) is 0 Å². The maximum absolute atomic E-state index is 9.64. The van der Waals surface area contributed by atoms with Crippen LogP contribution in [0.3, 0.4) is 0 Å². The molecule has 0 aliphatic rings. The first-order valence-electron chi connectivity index (χ1n) is 13.9. The second-order valence-corrected chi connectivity index (χ2v) is 7.77. The van der Waals surface area contributed by atoms with Crippen LogP contribution in [0.5, 0.6) is 0 Å². The van der Waals surface area contributed by atoms with E-state index in [0.717, 1.165) is 0 Å². The molecular formula is C40H149Na24O42-3. The molecule has 0 rings (SSSR count). The molecule has 0 amide bonds. The molecule has 0 aromatic carbocycles. The molecule has 66 heteroatoms. The van der Waals surface area contributed by atoms with E-state index in [-0.39, 0.29) is 950 Å². The fraction of sp³-hybridized carbons (Fsp3) is 1.00. The number of hydrogen-bond acceptors (Lipinski definition) is 39.